The predicted octanol–water partition coefficient (Wildman–Crippen LogP) is 5.82. The van der Waals surface area contributed by atoms with Crippen molar-refractivity contribution in [3.8, 4) is 11.4 Å². The normalized spacial score (nSPS) is 12.2. The Kier molecular flexibility index (Phi) is 5.33. The summed E-state index contributed by atoms with van der Waals surface area (Å²) in [7, 11) is 1.78. The van der Waals surface area contributed by atoms with Gasteiger partial charge in [-0.15, -0.1) is 10.2 Å². The summed E-state index contributed by atoms with van der Waals surface area (Å²) in [5.41, 5.74) is 2.77. The van der Waals surface area contributed by atoms with Gasteiger partial charge in [-0.1, -0.05) is 72.4 Å². The third kappa shape index (κ3) is 3.61. The van der Waals surface area contributed by atoms with Gasteiger partial charge in [0.25, 0.3) is 0 Å². The van der Waals surface area contributed by atoms with E-state index >= 15 is 0 Å². The van der Waals surface area contributed by atoms with E-state index in [1.54, 1.807) is 36.0 Å². The lowest BCUT2D eigenvalue weighted by molar-refractivity contribution is 0.0991. The van der Waals surface area contributed by atoms with Gasteiger partial charge in [0.15, 0.2) is 16.8 Å². The van der Waals surface area contributed by atoms with Crippen molar-refractivity contribution in [1.82, 2.24) is 19.7 Å². The molecule has 5 aromatic rings. The van der Waals surface area contributed by atoms with Gasteiger partial charge in [-0.25, -0.2) is 4.39 Å². The molecule has 1 N–H and O–H groups in total. The maximum Gasteiger partial charge on any atom is 0.192 e. The summed E-state index contributed by atoms with van der Waals surface area (Å²) in [4.78, 5) is 16.9. The van der Waals surface area contributed by atoms with Gasteiger partial charge in [-0.05, 0) is 23.8 Å². The average Bonchev–Trinajstić information content (AvgIpc) is 3.42. The zero-order chi connectivity index (χ0) is 22.1. The number of carbonyl (C=O) groups excluding carboxylic acids is 1. The summed E-state index contributed by atoms with van der Waals surface area (Å²) < 4.78 is 16.0. The predicted molar refractivity (Wildman–Crippen MR) is 124 cm³/mol. The lowest BCUT2D eigenvalue weighted by Crippen LogP contribution is -2.11. The number of H-pyrrole nitrogens is 1. The highest BCUT2D eigenvalue weighted by molar-refractivity contribution is 8.00. The fourth-order valence-electron chi connectivity index (χ4n) is 3.72. The number of thioether (sulfide) groups is 1. The number of carbonyl (C=O) groups is 1. The van der Waals surface area contributed by atoms with Crippen LogP contribution in [-0.4, -0.2) is 25.5 Å². The summed E-state index contributed by atoms with van der Waals surface area (Å²) >= 11 is 1.31. The number of hydrogen-bond acceptors (Lipinski definition) is 4. The van der Waals surface area contributed by atoms with Gasteiger partial charge in [-0.2, -0.15) is 0 Å². The lowest BCUT2D eigenvalue weighted by Gasteiger charge is -2.15. The van der Waals surface area contributed by atoms with Gasteiger partial charge < -0.3 is 9.55 Å². The molecule has 0 radical (unpaired) electrons. The number of fused-ring (bicyclic) bond motifs is 1. The summed E-state index contributed by atoms with van der Waals surface area (Å²) in [6, 6.07) is 23.8. The molecule has 2 heterocycles. The standard InChI is InChI=1S/C25H19FN4OS/c1-30-24(18-12-5-7-13-20(18)26)28-29-25(30)32-23(16-9-3-2-4-10-16)22(31)19-15-27-21-14-8-6-11-17(19)21/h2-15,23,27H,1H3/t23-/m0/s1. The van der Waals surface area contributed by atoms with E-state index in [4.69, 9.17) is 0 Å². The number of benzene rings is 3. The number of halogens is 1. The maximum atomic E-state index is 14.3. The highest BCUT2D eigenvalue weighted by Crippen LogP contribution is 2.39. The monoisotopic (exact) mass is 442 g/mol. The highest BCUT2D eigenvalue weighted by Gasteiger charge is 2.28. The second-order valence-electron chi connectivity index (χ2n) is 7.37. The molecule has 2 aromatic heterocycles. The van der Waals surface area contributed by atoms with Gasteiger partial charge in [0.05, 0.1) is 5.56 Å². The average molecular weight is 443 g/mol. The van der Waals surface area contributed by atoms with Crippen LogP contribution in [0.3, 0.4) is 0 Å². The molecule has 0 amide bonds. The molecule has 158 valence electrons. The van der Waals surface area contributed by atoms with Crippen molar-refractivity contribution in [3.05, 3.63) is 102 Å². The second-order valence-corrected chi connectivity index (χ2v) is 8.44. The summed E-state index contributed by atoms with van der Waals surface area (Å²) in [6.45, 7) is 0. The van der Waals surface area contributed by atoms with Crippen LogP contribution >= 0.6 is 11.8 Å². The number of nitrogens with one attached hydrogen (secondary N) is 1. The fraction of sp³-hybridized carbons (Fsp3) is 0.0800. The molecule has 32 heavy (non-hydrogen) atoms. The third-order valence-corrected chi connectivity index (χ3v) is 6.66. The minimum absolute atomic E-state index is 0.0332. The summed E-state index contributed by atoms with van der Waals surface area (Å²) in [5.74, 6) is 0.0140. The minimum Gasteiger partial charge on any atom is -0.360 e. The number of Topliss-reactive ketones (excluding diaryl/α,β-unsaturated/α-hetero) is 1. The number of hydrogen-bond donors (Lipinski definition) is 1. The molecule has 5 nitrogen and oxygen atoms in total. The van der Waals surface area contributed by atoms with E-state index in [1.165, 1.54) is 17.8 Å². The van der Waals surface area contributed by atoms with Gasteiger partial charge in [-0.3, -0.25) is 4.79 Å². The van der Waals surface area contributed by atoms with Crippen molar-refractivity contribution in [1.29, 1.82) is 0 Å². The van der Waals surface area contributed by atoms with Gasteiger partial charge in [0.1, 0.15) is 11.1 Å². The van der Waals surface area contributed by atoms with Crippen molar-refractivity contribution in [3.63, 3.8) is 0 Å². The number of aromatic amines is 1. The van der Waals surface area contributed by atoms with Crippen LogP contribution in [0, 0.1) is 5.82 Å². The molecule has 0 fully saturated rings. The van der Waals surface area contributed by atoms with Crippen molar-refractivity contribution in [2.24, 2.45) is 7.05 Å². The Balaban J connectivity index is 1.55. The van der Waals surface area contributed by atoms with E-state index in [-0.39, 0.29) is 11.6 Å². The Morgan fingerprint density at radius 2 is 1.69 bits per heavy atom. The Bertz CT molecular complexity index is 1410. The number of ketones is 1. The molecule has 0 spiro atoms. The first-order valence-corrected chi connectivity index (χ1v) is 11.0. The van der Waals surface area contributed by atoms with Crippen LogP contribution in [0.5, 0.6) is 0 Å². The Labute approximate surface area is 188 Å². The van der Waals surface area contributed by atoms with Crippen LogP contribution in [0.1, 0.15) is 21.2 Å². The largest absolute Gasteiger partial charge is 0.360 e. The molecule has 0 saturated heterocycles. The highest BCUT2D eigenvalue weighted by atomic mass is 32.2. The van der Waals surface area contributed by atoms with Crippen LogP contribution < -0.4 is 0 Å². The number of rotatable bonds is 6. The van der Waals surface area contributed by atoms with E-state index < -0.39 is 5.25 Å². The number of nitrogens with zero attached hydrogens (tertiary/aromatic N) is 3. The lowest BCUT2D eigenvalue weighted by atomic mass is 10.0. The molecule has 0 unspecified atom stereocenters. The molecular formula is C25H19FN4OS. The summed E-state index contributed by atoms with van der Waals surface area (Å²) in [6.07, 6.45) is 1.75. The van der Waals surface area contributed by atoms with Crippen LogP contribution in [0.2, 0.25) is 0 Å². The zero-order valence-electron chi connectivity index (χ0n) is 17.2. The SMILES string of the molecule is Cn1c(S[C@H](C(=O)c2c[nH]c3ccccc23)c2ccccc2)nnc1-c1ccccc1F. The molecule has 0 bridgehead atoms. The quantitative estimate of drug-likeness (QED) is 0.266. The van der Waals surface area contributed by atoms with E-state index in [0.717, 1.165) is 16.5 Å². The molecule has 0 aliphatic carbocycles. The molecule has 5 rings (SSSR count). The van der Waals surface area contributed by atoms with Crippen molar-refractivity contribution in [2.75, 3.05) is 0 Å². The first kappa shape index (κ1) is 20.2. The minimum atomic E-state index is -0.535. The number of aromatic nitrogens is 4. The topological polar surface area (TPSA) is 63.6 Å². The second kappa shape index (κ2) is 8.43. The number of para-hydroxylation sites is 1. The van der Waals surface area contributed by atoms with Gasteiger partial charge in [0, 0.05) is 29.7 Å². The van der Waals surface area contributed by atoms with Gasteiger partial charge >= 0.3 is 0 Å². The smallest absolute Gasteiger partial charge is 0.192 e. The van der Waals surface area contributed by atoms with Crippen LogP contribution in [0.15, 0.2) is 90.2 Å². The third-order valence-electron chi connectivity index (χ3n) is 5.37. The van der Waals surface area contributed by atoms with E-state index in [2.05, 4.69) is 15.2 Å². The first-order valence-electron chi connectivity index (χ1n) is 10.1. The zero-order valence-corrected chi connectivity index (χ0v) is 18.0. The Morgan fingerprint density at radius 3 is 2.50 bits per heavy atom. The molecule has 0 aliphatic rings. The summed E-state index contributed by atoms with van der Waals surface area (Å²) in [5, 5.41) is 9.35. The molecule has 0 aliphatic heterocycles. The maximum absolute atomic E-state index is 14.3. The molecule has 7 heteroatoms. The Hall–Kier alpha value is -3.71. The van der Waals surface area contributed by atoms with Crippen LogP contribution in [0.4, 0.5) is 4.39 Å². The molecule has 3 aromatic carbocycles. The van der Waals surface area contributed by atoms with E-state index in [0.29, 0.717) is 22.1 Å². The van der Waals surface area contributed by atoms with E-state index in [9.17, 15) is 9.18 Å². The van der Waals surface area contributed by atoms with E-state index in [1.807, 2.05) is 54.6 Å². The Morgan fingerprint density at radius 1 is 0.969 bits per heavy atom. The van der Waals surface area contributed by atoms with Crippen molar-refractivity contribution >= 4 is 28.4 Å². The molecular weight excluding hydrogens is 423 g/mol. The van der Waals surface area contributed by atoms with Crippen LogP contribution in [0.25, 0.3) is 22.3 Å². The first-order chi connectivity index (χ1) is 15.6. The van der Waals surface area contributed by atoms with Gasteiger partial charge in [0.2, 0.25) is 0 Å². The van der Waals surface area contributed by atoms with Crippen LogP contribution in [-0.2, 0) is 7.05 Å². The fourth-order valence-corrected chi connectivity index (χ4v) is 4.79. The van der Waals surface area contributed by atoms with Crippen molar-refractivity contribution < 1.29 is 9.18 Å². The molecule has 0 saturated carbocycles. The van der Waals surface area contributed by atoms with Crippen molar-refractivity contribution in [2.45, 2.75) is 10.4 Å². The molecule has 1 atom stereocenters.